The largest absolute Gasteiger partial charge is 0.107 e. The van der Waals surface area contributed by atoms with Crippen LogP contribution in [0.25, 0.3) is 0 Å². The second-order valence-electron chi connectivity index (χ2n) is 0.799. The fourth-order valence-electron chi connectivity index (χ4n) is 0. The molecule has 0 unspecified atom stereocenters. The molecule has 0 bridgehead atoms. The number of alkyl halides is 2. The van der Waals surface area contributed by atoms with Gasteiger partial charge in [-0.1, -0.05) is 6.92 Å². The zero-order valence-electron chi connectivity index (χ0n) is 3.54. The van der Waals surface area contributed by atoms with Crippen molar-refractivity contribution in [1.29, 1.82) is 0 Å². The van der Waals surface area contributed by atoms with Crippen LogP contribution in [0.1, 0.15) is 13.3 Å². The summed E-state index contributed by atoms with van der Waals surface area (Å²) in [7, 11) is 0. The third-order valence-electron chi connectivity index (χ3n) is 0.309. The normalized spacial score (nSPS) is 8.00. The first-order chi connectivity index (χ1) is 2.27. The molecule has 0 heterocycles. The Bertz CT molecular complexity index is 22.8. The molecule has 0 radical (unpaired) electrons. The molecule has 6 heavy (non-hydrogen) atoms. The van der Waals surface area contributed by atoms with Crippen molar-refractivity contribution >= 4 is 23.2 Å². The summed E-state index contributed by atoms with van der Waals surface area (Å²) in [6.45, 7) is 1.94. The van der Waals surface area contributed by atoms with Gasteiger partial charge in [0, 0.05) is 26.2 Å². The topological polar surface area (TPSA) is 0 Å². The number of rotatable bonds is 1. The Morgan fingerprint density at radius 2 is 1.67 bits per heavy atom. The van der Waals surface area contributed by atoms with Gasteiger partial charge in [-0.05, 0) is 6.42 Å². The molecule has 0 aromatic heterocycles. The maximum absolute atomic E-state index is 5.23. The monoisotopic (exact) mass is 202 g/mol. The van der Waals surface area contributed by atoms with E-state index in [-0.39, 0.29) is 31.0 Å². The van der Waals surface area contributed by atoms with E-state index >= 15 is 0 Å². The van der Waals surface area contributed by atoms with Crippen molar-refractivity contribution in [2.24, 2.45) is 0 Å². The number of halogens is 2. The van der Waals surface area contributed by atoms with Gasteiger partial charge in [-0.2, -0.15) is 0 Å². The molecule has 0 aliphatic carbocycles. The van der Waals surface area contributed by atoms with Crippen molar-refractivity contribution in [2.75, 3.05) is 0 Å². The fourth-order valence-corrected chi connectivity index (χ4v) is 0. The fraction of sp³-hybridized carbons (Fsp3) is 1.00. The maximum Gasteiger partial charge on any atom is 0.107 e. The predicted molar refractivity (Wildman–Crippen MR) is 25.8 cm³/mol. The molecule has 36 valence electrons. The summed E-state index contributed by atoms with van der Waals surface area (Å²) in [5.74, 6) is 0. The second-order valence-corrected chi connectivity index (χ2v) is 2.08. The zero-order valence-corrected chi connectivity index (χ0v) is 7.51. The minimum Gasteiger partial charge on any atom is -0.105 e. The van der Waals surface area contributed by atoms with E-state index in [0.717, 1.165) is 6.42 Å². The van der Waals surface area contributed by atoms with Crippen LogP contribution in [-0.2, 0) is 26.2 Å². The van der Waals surface area contributed by atoms with E-state index < -0.39 is 0 Å². The Labute approximate surface area is 67.3 Å². The summed E-state index contributed by atoms with van der Waals surface area (Å²) >= 11 is 10.5. The van der Waals surface area contributed by atoms with Crippen LogP contribution in [0.5, 0.6) is 0 Å². The van der Waals surface area contributed by atoms with Gasteiger partial charge in [-0.3, -0.25) is 0 Å². The molecule has 0 aliphatic heterocycles. The summed E-state index contributed by atoms with van der Waals surface area (Å²) in [6, 6.07) is 0. The molecule has 0 nitrogen and oxygen atoms in total. The third-order valence-corrected chi connectivity index (χ3v) is 0.926. The van der Waals surface area contributed by atoms with Crippen molar-refractivity contribution in [3.8, 4) is 0 Å². The minimum absolute atomic E-state index is 0. The molecule has 0 rings (SSSR count). The number of hydrogen-bond donors (Lipinski definition) is 0. The molecular formula is C3H6Cl2Zr. The Morgan fingerprint density at radius 1 is 1.50 bits per heavy atom. The van der Waals surface area contributed by atoms with Crippen LogP contribution in [0.15, 0.2) is 0 Å². The van der Waals surface area contributed by atoms with E-state index in [2.05, 4.69) is 0 Å². The Balaban J connectivity index is 0. The number of hydrogen-bond acceptors (Lipinski definition) is 0. The minimum atomic E-state index is -0.171. The van der Waals surface area contributed by atoms with Gasteiger partial charge in [0.25, 0.3) is 0 Å². The average Bonchev–Trinajstić information content (AvgIpc) is 1.38. The molecule has 0 aromatic carbocycles. The Hall–Kier alpha value is 1.46. The van der Waals surface area contributed by atoms with Crippen LogP contribution in [0, 0.1) is 0 Å². The van der Waals surface area contributed by atoms with E-state index in [0.29, 0.717) is 0 Å². The molecule has 0 aromatic rings. The summed E-state index contributed by atoms with van der Waals surface area (Å²) in [4.78, 5) is -0.171. The molecule has 3 heteroatoms. The molecule has 0 fully saturated rings. The molecule has 0 saturated heterocycles. The van der Waals surface area contributed by atoms with Crippen LogP contribution in [0.3, 0.4) is 0 Å². The van der Waals surface area contributed by atoms with E-state index in [9.17, 15) is 0 Å². The predicted octanol–water partition coefficient (Wildman–Crippen LogP) is 2.20. The third kappa shape index (κ3) is 9.07. The van der Waals surface area contributed by atoms with E-state index in [4.69, 9.17) is 23.2 Å². The van der Waals surface area contributed by atoms with Crippen LogP contribution >= 0.6 is 23.2 Å². The summed E-state index contributed by atoms with van der Waals surface area (Å²) < 4.78 is 0. The van der Waals surface area contributed by atoms with Crippen molar-refractivity contribution in [2.45, 2.75) is 18.2 Å². The van der Waals surface area contributed by atoms with Crippen molar-refractivity contribution in [3.63, 3.8) is 0 Å². The SMILES string of the molecule is CCC(Cl)Cl.[Zr]. The van der Waals surface area contributed by atoms with Crippen molar-refractivity contribution in [3.05, 3.63) is 0 Å². The first kappa shape index (κ1) is 10.4. The second kappa shape index (κ2) is 6.46. The van der Waals surface area contributed by atoms with Gasteiger partial charge in [0.1, 0.15) is 4.84 Å². The summed E-state index contributed by atoms with van der Waals surface area (Å²) in [6.07, 6.45) is 0.836. The Kier molecular flexibility index (Phi) is 11.3. The van der Waals surface area contributed by atoms with Gasteiger partial charge in [0.2, 0.25) is 0 Å². The van der Waals surface area contributed by atoms with Crippen molar-refractivity contribution in [1.82, 2.24) is 0 Å². The first-order valence-corrected chi connectivity index (χ1v) is 2.42. The van der Waals surface area contributed by atoms with Gasteiger partial charge in [-0.15, -0.1) is 23.2 Å². The Morgan fingerprint density at radius 3 is 1.67 bits per heavy atom. The smallest absolute Gasteiger partial charge is 0.105 e. The van der Waals surface area contributed by atoms with Crippen LogP contribution < -0.4 is 0 Å². The molecule has 0 atom stereocenters. The van der Waals surface area contributed by atoms with Gasteiger partial charge in [0.05, 0.1) is 0 Å². The average molecular weight is 204 g/mol. The van der Waals surface area contributed by atoms with E-state index in [1.54, 1.807) is 0 Å². The zero-order chi connectivity index (χ0) is 4.28. The molecule has 0 aliphatic rings. The quantitative estimate of drug-likeness (QED) is 0.574. The first-order valence-electron chi connectivity index (χ1n) is 1.55. The summed E-state index contributed by atoms with van der Waals surface area (Å²) in [5, 5.41) is 0. The molecule has 0 spiro atoms. The standard InChI is InChI=1S/C3H6Cl2.Zr/c1-2-3(4)5;/h3H,2H2,1H3;. The van der Waals surface area contributed by atoms with Gasteiger partial charge in [-0.25, -0.2) is 0 Å². The van der Waals surface area contributed by atoms with Crippen LogP contribution in [0.2, 0.25) is 0 Å². The maximum atomic E-state index is 5.23. The molecule has 0 N–H and O–H groups in total. The molecule has 0 saturated carbocycles. The van der Waals surface area contributed by atoms with Gasteiger partial charge in [0.15, 0.2) is 0 Å². The summed E-state index contributed by atoms with van der Waals surface area (Å²) in [5.41, 5.74) is 0. The van der Waals surface area contributed by atoms with Crippen LogP contribution in [-0.4, -0.2) is 4.84 Å². The van der Waals surface area contributed by atoms with Gasteiger partial charge < -0.3 is 0 Å². The molecule has 0 amide bonds. The van der Waals surface area contributed by atoms with Gasteiger partial charge >= 0.3 is 0 Å². The van der Waals surface area contributed by atoms with Crippen LogP contribution in [0.4, 0.5) is 0 Å². The van der Waals surface area contributed by atoms with E-state index in [1.807, 2.05) is 6.92 Å². The van der Waals surface area contributed by atoms with Crippen molar-refractivity contribution < 1.29 is 26.2 Å². The van der Waals surface area contributed by atoms with E-state index in [1.165, 1.54) is 0 Å². The molecular weight excluding hydrogens is 198 g/mol.